The molecule has 14 heteroatoms. The molecule has 0 bridgehead atoms. The van der Waals surface area contributed by atoms with Crippen LogP contribution in [0.25, 0.3) is 11.3 Å². The van der Waals surface area contributed by atoms with Crippen molar-refractivity contribution < 1.29 is 23.7 Å². The minimum absolute atomic E-state index is 0.178. The van der Waals surface area contributed by atoms with E-state index >= 15 is 0 Å². The average molecular weight is 783 g/mol. The number of nitrogens with zero attached hydrogens (tertiary/aromatic N) is 6. The highest BCUT2D eigenvalue weighted by Crippen LogP contribution is 2.39. The number of urea groups is 1. The van der Waals surface area contributed by atoms with Crippen molar-refractivity contribution in [1.82, 2.24) is 34.6 Å². The Balaban J connectivity index is 0.959. The van der Waals surface area contributed by atoms with Crippen LogP contribution in [0.3, 0.4) is 0 Å². The summed E-state index contributed by atoms with van der Waals surface area (Å²) >= 11 is 6.56. The fourth-order valence-corrected chi connectivity index (χ4v) is 8.03. The number of hydrogen-bond acceptors (Lipinski definition) is 9. The van der Waals surface area contributed by atoms with Gasteiger partial charge in [0.2, 0.25) is 0 Å². The summed E-state index contributed by atoms with van der Waals surface area (Å²) < 4.78 is 28.0. The molecule has 2 unspecified atom stereocenters. The third kappa shape index (κ3) is 8.36. The number of amides is 2. The number of halogens is 1. The Bertz CT molecular complexity index is 2160. The van der Waals surface area contributed by atoms with Crippen molar-refractivity contribution in [1.29, 1.82) is 0 Å². The molecule has 2 aromatic carbocycles. The van der Waals surface area contributed by atoms with Gasteiger partial charge in [-0.2, -0.15) is 5.10 Å². The van der Waals surface area contributed by atoms with Crippen molar-refractivity contribution >= 4 is 29.1 Å². The lowest BCUT2D eigenvalue weighted by atomic mass is 9.85. The lowest BCUT2D eigenvalue weighted by Gasteiger charge is -2.32. The summed E-state index contributed by atoms with van der Waals surface area (Å²) in [6, 6.07) is 19.1. The van der Waals surface area contributed by atoms with Gasteiger partial charge in [0.25, 0.3) is 0 Å². The molecule has 296 valence electrons. The molecule has 2 amide bonds. The van der Waals surface area contributed by atoms with Gasteiger partial charge < -0.3 is 24.3 Å². The zero-order valence-electron chi connectivity index (χ0n) is 32.5. The molecule has 56 heavy (non-hydrogen) atoms. The van der Waals surface area contributed by atoms with Crippen LogP contribution in [0.15, 0.2) is 66.9 Å². The fraction of sp³-hybridized carbons (Fsp3) is 0.476. The maximum atomic E-state index is 13.8. The van der Waals surface area contributed by atoms with Crippen molar-refractivity contribution in [3.8, 4) is 17.2 Å². The summed E-state index contributed by atoms with van der Waals surface area (Å²) in [6.45, 7) is 8.73. The molecular formula is C42H51ClN8O5. The second-order valence-corrected chi connectivity index (χ2v) is 16.4. The Morgan fingerprint density at radius 1 is 0.964 bits per heavy atom. The van der Waals surface area contributed by atoms with E-state index in [1.54, 1.807) is 10.7 Å². The highest BCUT2D eigenvalue weighted by molar-refractivity contribution is 6.32. The molecular weight excluding hydrogens is 732 g/mol. The number of fused-ring (bicyclic) bond motifs is 2. The van der Waals surface area contributed by atoms with E-state index < -0.39 is 0 Å². The number of rotatable bonds is 11. The first-order chi connectivity index (χ1) is 27.1. The molecule has 8 rings (SSSR count). The van der Waals surface area contributed by atoms with Crippen LogP contribution in [0.4, 0.5) is 10.6 Å². The van der Waals surface area contributed by atoms with Crippen LogP contribution in [0.2, 0.25) is 5.02 Å². The van der Waals surface area contributed by atoms with Gasteiger partial charge in [-0.3, -0.25) is 14.6 Å². The second kappa shape index (κ2) is 16.4. The third-order valence-electron chi connectivity index (χ3n) is 10.9. The summed E-state index contributed by atoms with van der Waals surface area (Å²) in [5.41, 5.74) is 4.13. The molecule has 0 spiro atoms. The molecule has 0 radical (unpaired) electrons. The molecule has 3 aromatic heterocycles. The van der Waals surface area contributed by atoms with Crippen molar-refractivity contribution in [3.05, 3.63) is 94.5 Å². The largest absolute Gasteiger partial charge is 0.490 e. The molecule has 3 aliphatic rings. The van der Waals surface area contributed by atoms with E-state index in [2.05, 4.69) is 70.1 Å². The topological polar surface area (TPSA) is 129 Å². The van der Waals surface area contributed by atoms with E-state index in [9.17, 15) is 4.79 Å². The van der Waals surface area contributed by atoms with Crippen molar-refractivity contribution in [2.24, 2.45) is 0 Å². The smallest absolute Gasteiger partial charge is 0.320 e. The Morgan fingerprint density at radius 3 is 2.61 bits per heavy atom. The van der Waals surface area contributed by atoms with Gasteiger partial charge in [0, 0.05) is 24.2 Å². The lowest BCUT2D eigenvalue weighted by Crippen LogP contribution is -2.36. The van der Waals surface area contributed by atoms with Crippen molar-refractivity contribution in [2.45, 2.75) is 95.6 Å². The van der Waals surface area contributed by atoms with Gasteiger partial charge >= 0.3 is 6.03 Å². The molecule has 4 atom stereocenters. The van der Waals surface area contributed by atoms with Crippen LogP contribution >= 0.6 is 11.6 Å². The van der Waals surface area contributed by atoms with Gasteiger partial charge in [-0.05, 0) is 93.9 Å². The predicted octanol–water partition coefficient (Wildman–Crippen LogP) is 8.33. The van der Waals surface area contributed by atoms with Gasteiger partial charge in [0.05, 0.1) is 41.3 Å². The maximum Gasteiger partial charge on any atom is 0.320 e. The number of ether oxygens (including phenoxy) is 4. The molecule has 2 saturated heterocycles. The van der Waals surface area contributed by atoms with E-state index in [4.69, 9.17) is 35.6 Å². The summed E-state index contributed by atoms with van der Waals surface area (Å²) in [4.78, 5) is 16.1. The van der Waals surface area contributed by atoms with Crippen molar-refractivity contribution in [2.75, 3.05) is 38.7 Å². The summed E-state index contributed by atoms with van der Waals surface area (Å²) in [5, 5.41) is 20.7. The molecule has 0 saturated carbocycles. The first-order valence-corrected chi connectivity index (χ1v) is 20.1. The highest BCUT2D eigenvalue weighted by atomic mass is 35.5. The summed E-state index contributed by atoms with van der Waals surface area (Å²) in [5.74, 6) is 2.72. The number of likely N-dealkylation sites (tertiary alicyclic amines) is 1. The average Bonchev–Trinajstić information content (AvgIpc) is 3.93. The van der Waals surface area contributed by atoms with E-state index in [0.29, 0.717) is 41.9 Å². The fourth-order valence-electron chi connectivity index (χ4n) is 7.86. The van der Waals surface area contributed by atoms with Crippen LogP contribution in [0.1, 0.15) is 107 Å². The van der Waals surface area contributed by atoms with Crippen LogP contribution in [0.5, 0.6) is 11.5 Å². The number of carbonyl (C=O) groups excluding carboxylic acids is 1. The highest BCUT2D eigenvalue weighted by Gasteiger charge is 2.31. The number of hydrogen-bond donors (Lipinski definition) is 2. The molecule has 2 N–H and O–H groups in total. The predicted molar refractivity (Wildman–Crippen MR) is 214 cm³/mol. The first kappa shape index (κ1) is 38.2. The number of pyridine rings is 1. The monoisotopic (exact) mass is 782 g/mol. The van der Waals surface area contributed by atoms with Crippen molar-refractivity contribution in [3.63, 3.8) is 0 Å². The lowest BCUT2D eigenvalue weighted by molar-refractivity contribution is -0.165. The molecule has 5 heterocycles. The minimum atomic E-state index is -0.333. The maximum absolute atomic E-state index is 13.8. The molecule has 1 aliphatic carbocycles. The number of benzene rings is 2. The van der Waals surface area contributed by atoms with Crippen LogP contribution in [-0.2, 0) is 14.9 Å². The Hall–Kier alpha value is -4.69. The van der Waals surface area contributed by atoms with E-state index in [-0.39, 0.29) is 35.9 Å². The van der Waals surface area contributed by atoms with Gasteiger partial charge in [0.15, 0.2) is 17.8 Å². The Morgan fingerprint density at radius 2 is 1.82 bits per heavy atom. The van der Waals surface area contributed by atoms with E-state index in [1.807, 2.05) is 48.7 Å². The first-order valence-electron chi connectivity index (χ1n) is 19.7. The third-order valence-corrected chi connectivity index (χ3v) is 11.2. The zero-order chi connectivity index (χ0) is 38.8. The van der Waals surface area contributed by atoms with E-state index in [0.717, 1.165) is 85.7 Å². The molecule has 5 aromatic rings. The zero-order valence-corrected chi connectivity index (χ0v) is 33.3. The number of carbonyl (C=O) groups is 1. The number of nitrogens with one attached hydrogen (secondary N) is 2. The van der Waals surface area contributed by atoms with Gasteiger partial charge in [-0.1, -0.05) is 56.6 Å². The molecule has 2 fully saturated rings. The normalized spacial score (nSPS) is 21.5. The second-order valence-electron chi connectivity index (χ2n) is 16.0. The summed E-state index contributed by atoms with van der Waals surface area (Å²) in [6.07, 6.45) is 8.31. The summed E-state index contributed by atoms with van der Waals surface area (Å²) in [7, 11) is 2.14. The van der Waals surface area contributed by atoms with E-state index in [1.165, 1.54) is 0 Å². The number of aromatic nitrogens is 5. The quantitative estimate of drug-likeness (QED) is 0.127. The number of anilines is 1. The molecule has 2 aliphatic heterocycles. The Labute approximate surface area is 332 Å². The van der Waals surface area contributed by atoms with Crippen LogP contribution in [0, 0.1) is 0 Å². The van der Waals surface area contributed by atoms with Gasteiger partial charge in [0.1, 0.15) is 30.0 Å². The Kier molecular flexibility index (Phi) is 11.2. The van der Waals surface area contributed by atoms with Crippen LogP contribution < -0.4 is 20.1 Å². The minimum Gasteiger partial charge on any atom is -0.490 e. The molecule has 13 nitrogen and oxygen atoms in total. The SMILES string of the molecule is CN1CCCC1c1nnc2ccc(O[C@@H]3CC[C@H](NC(=O)Nc4cc(C(C)(C)C)nn4-c4ccc(Cl)c(OCCOC5CCCCO5)c4)c4ccccc43)cn12. The van der Waals surface area contributed by atoms with Gasteiger partial charge in [-0.15, -0.1) is 10.2 Å². The van der Waals surface area contributed by atoms with Gasteiger partial charge in [-0.25, -0.2) is 9.48 Å². The van der Waals surface area contributed by atoms with Crippen LogP contribution in [-0.4, -0.2) is 75.0 Å². The standard InChI is InChI=1S/C42H51ClN8O5/c1-42(2,3)36-25-38(51(48-36)27-14-16-31(43)35(24-27)53-22-23-55-39-13-7-8-21-54-39)45-41(52)44-32-17-18-34(30-11-6-5-10-29(30)32)56-28-15-19-37-46-47-40(50(37)26-28)33-12-9-20-49(33)4/h5-6,10-11,14-16,19,24-26,32-34,39H,7-9,12-13,17-18,20-23H2,1-4H3,(H2,44,45,52)/t32-,33?,34+,39?/m0/s1.